The summed E-state index contributed by atoms with van der Waals surface area (Å²) in [7, 11) is 0. The van der Waals surface area contributed by atoms with Crippen LogP contribution in [0.5, 0.6) is 0 Å². The highest BCUT2D eigenvalue weighted by molar-refractivity contribution is 8.00. The molecule has 1 saturated heterocycles. The first kappa shape index (κ1) is 15.9. The van der Waals surface area contributed by atoms with E-state index in [0.717, 1.165) is 11.6 Å². The number of rotatable bonds is 2. The van der Waals surface area contributed by atoms with Crippen LogP contribution in [-0.2, 0) is 11.0 Å². The molecule has 1 amide bonds. The molecule has 1 aliphatic heterocycles. The van der Waals surface area contributed by atoms with Crippen molar-refractivity contribution in [3.8, 4) is 0 Å². The van der Waals surface area contributed by atoms with Gasteiger partial charge >= 0.3 is 6.18 Å². The van der Waals surface area contributed by atoms with E-state index in [0.29, 0.717) is 5.69 Å². The van der Waals surface area contributed by atoms with Crippen molar-refractivity contribution in [3.63, 3.8) is 0 Å². The molecule has 0 spiro atoms. The van der Waals surface area contributed by atoms with Gasteiger partial charge in [-0.25, -0.2) is 0 Å². The van der Waals surface area contributed by atoms with Crippen molar-refractivity contribution < 1.29 is 18.0 Å². The van der Waals surface area contributed by atoms with E-state index in [9.17, 15) is 18.0 Å². The van der Waals surface area contributed by atoms with Gasteiger partial charge in [0, 0.05) is 5.69 Å². The largest absolute Gasteiger partial charge is 0.416 e. The van der Waals surface area contributed by atoms with Gasteiger partial charge in [-0.2, -0.15) is 13.2 Å². The van der Waals surface area contributed by atoms with Crippen LogP contribution in [0.4, 0.5) is 18.9 Å². The molecule has 0 aromatic heterocycles. The Morgan fingerprint density at radius 3 is 2.57 bits per heavy atom. The minimum atomic E-state index is -4.44. The number of alkyl halides is 3. The normalized spacial score (nSPS) is 18.5. The van der Waals surface area contributed by atoms with Crippen LogP contribution in [0.25, 0.3) is 0 Å². The second-order valence-corrected chi connectivity index (χ2v) is 6.42. The van der Waals surface area contributed by atoms with Crippen molar-refractivity contribution in [1.29, 1.82) is 0 Å². The second-order valence-electron chi connectivity index (χ2n) is 5.35. The van der Waals surface area contributed by atoms with Gasteiger partial charge in [0.2, 0.25) is 5.91 Å². The first-order valence-corrected chi connectivity index (χ1v) is 8.09. The lowest BCUT2D eigenvalue weighted by molar-refractivity contribution is -0.138. The fourth-order valence-electron chi connectivity index (χ4n) is 2.68. The maximum atomic E-state index is 13.3. The van der Waals surface area contributed by atoms with Crippen molar-refractivity contribution in [2.24, 2.45) is 0 Å². The first-order chi connectivity index (χ1) is 10.9. The zero-order chi connectivity index (χ0) is 16.6. The highest BCUT2D eigenvalue weighted by Crippen LogP contribution is 2.46. The van der Waals surface area contributed by atoms with Gasteiger partial charge in [-0.1, -0.05) is 30.3 Å². The maximum Gasteiger partial charge on any atom is 0.416 e. The molecule has 2 aromatic carbocycles. The van der Waals surface area contributed by atoms with E-state index in [4.69, 9.17) is 0 Å². The Morgan fingerprint density at radius 2 is 1.87 bits per heavy atom. The molecule has 6 heteroatoms. The summed E-state index contributed by atoms with van der Waals surface area (Å²) >= 11 is 1.22. The number of carbonyl (C=O) groups is 1. The number of benzene rings is 2. The lowest BCUT2D eigenvalue weighted by Gasteiger charge is -2.26. The van der Waals surface area contributed by atoms with E-state index in [2.05, 4.69) is 0 Å². The molecule has 120 valence electrons. The number of anilines is 1. The Balaban J connectivity index is 2.08. The number of nitrogens with zero attached hydrogens (tertiary/aromatic N) is 1. The number of carbonyl (C=O) groups excluding carboxylic acids is 1. The van der Waals surface area contributed by atoms with Crippen LogP contribution >= 0.6 is 11.8 Å². The number of thioether (sulfide) groups is 1. The zero-order valence-corrected chi connectivity index (χ0v) is 13.1. The SMILES string of the molecule is Cc1cccc(N2C(=O)CS[C@@H]2c2ccccc2C(F)(F)F)c1. The summed E-state index contributed by atoms with van der Waals surface area (Å²) in [6.07, 6.45) is -4.44. The third kappa shape index (κ3) is 3.08. The summed E-state index contributed by atoms with van der Waals surface area (Å²) < 4.78 is 39.8. The molecule has 3 rings (SSSR count). The first-order valence-electron chi connectivity index (χ1n) is 7.04. The summed E-state index contributed by atoms with van der Waals surface area (Å²) in [4.78, 5) is 13.7. The standard InChI is InChI=1S/C17H14F3NOS/c1-11-5-4-6-12(9-11)21-15(22)10-23-16(21)13-7-2-3-8-14(13)17(18,19)20/h2-9,16H,10H2,1H3/t16-/m1/s1. The number of amides is 1. The molecule has 0 saturated carbocycles. The fraction of sp³-hybridized carbons (Fsp3) is 0.235. The summed E-state index contributed by atoms with van der Waals surface area (Å²) in [5.74, 6) is -0.00674. The lowest BCUT2D eigenvalue weighted by Crippen LogP contribution is -2.29. The van der Waals surface area contributed by atoms with Gasteiger partial charge in [0.05, 0.1) is 11.3 Å². The van der Waals surface area contributed by atoms with Gasteiger partial charge in [0.25, 0.3) is 0 Å². The van der Waals surface area contributed by atoms with Crippen LogP contribution in [0.15, 0.2) is 48.5 Å². The third-order valence-corrected chi connectivity index (χ3v) is 4.87. The number of aryl methyl sites for hydroxylation is 1. The van der Waals surface area contributed by atoms with Crippen LogP contribution in [0.3, 0.4) is 0 Å². The molecule has 23 heavy (non-hydrogen) atoms. The molecule has 0 aliphatic carbocycles. The maximum absolute atomic E-state index is 13.3. The molecular formula is C17H14F3NOS. The van der Waals surface area contributed by atoms with E-state index in [-0.39, 0.29) is 17.2 Å². The molecule has 2 aromatic rings. The average molecular weight is 337 g/mol. The number of hydrogen-bond donors (Lipinski definition) is 0. The molecule has 1 atom stereocenters. The Kier molecular flexibility index (Phi) is 4.10. The van der Waals surface area contributed by atoms with Crippen molar-refractivity contribution in [3.05, 3.63) is 65.2 Å². The highest BCUT2D eigenvalue weighted by atomic mass is 32.2. The molecule has 1 aliphatic rings. The molecule has 2 nitrogen and oxygen atoms in total. The molecule has 0 unspecified atom stereocenters. The van der Waals surface area contributed by atoms with E-state index >= 15 is 0 Å². The minimum absolute atomic E-state index is 0.123. The molecule has 1 heterocycles. The van der Waals surface area contributed by atoms with E-state index in [1.807, 2.05) is 19.1 Å². The topological polar surface area (TPSA) is 20.3 Å². The van der Waals surface area contributed by atoms with E-state index in [1.54, 1.807) is 18.2 Å². The lowest BCUT2D eigenvalue weighted by atomic mass is 10.1. The van der Waals surface area contributed by atoms with Gasteiger partial charge in [0.15, 0.2) is 0 Å². The Bertz CT molecular complexity index is 745. The second kappa shape index (κ2) is 5.92. The smallest absolute Gasteiger partial charge is 0.295 e. The summed E-state index contributed by atoms with van der Waals surface area (Å²) in [5, 5.41) is -0.665. The Labute approximate surface area is 136 Å². The molecule has 0 N–H and O–H groups in total. The van der Waals surface area contributed by atoms with E-state index in [1.165, 1.54) is 28.8 Å². The Morgan fingerprint density at radius 1 is 1.13 bits per heavy atom. The predicted molar refractivity (Wildman–Crippen MR) is 85.3 cm³/mol. The number of halogens is 3. The van der Waals surface area contributed by atoms with E-state index < -0.39 is 17.1 Å². The van der Waals surface area contributed by atoms with Gasteiger partial charge in [-0.15, -0.1) is 11.8 Å². The van der Waals surface area contributed by atoms with Crippen LogP contribution in [0.2, 0.25) is 0 Å². The molecule has 0 radical (unpaired) electrons. The van der Waals surface area contributed by atoms with Crippen LogP contribution in [-0.4, -0.2) is 11.7 Å². The average Bonchev–Trinajstić information content (AvgIpc) is 2.88. The van der Waals surface area contributed by atoms with Crippen molar-refractivity contribution >= 4 is 23.4 Å². The summed E-state index contributed by atoms with van der Waals surface area (Å²) in [6, 6.07) is 12.7. The van der Waals surface area contributed by atoms with Crippen molar-refractivity contribution in [2.75, 3.05) is 10.7 Å². The minimum Gasteiger partial charge on any atom is -0.295 e. The van der Waals surface area contributed by atoms with Crippen LogP contribution < -0.4 is 4.90 Å². The number of hydrogen-bond acceptors (Lipinski definition) is 2. The fourth-order valence-corrected chi connectivity index (χ4v) is 3.89. The monoisotopic (exact) mass is 337 g/mol. The third-order valence-electron chi connectivity index (χ3n) is 3.68. The van der Waals surface area contributed by atoms with Crippen LogP contribution in [0.1, 0.15) is 22.1 Å². The zero-order valence-electron chi connectivity index (χ0n) is 12.3. The predicted octanol–water partition coefficient (Wildman–Crippen LogP) is 4.79. The van der Waals surface area contributed by atoms with Gasteiger partial charge in [0.1, 0.15) is 5.37 Å². The molecular weight excluding hydrogens is 323 g/mol. The summed E-state index contributed by atoms with van der Waals surface area (Å²) in [5.41, 5.74) is 1.01. The molecule has 1 fully saturated rings. The van der Waals surface area contributed by atoms with Crippen molar-refractivity contribution in [1.82, 2.24) is 0 Å². The Hall–Kier alpha value is -1.95. The van der Waals surface area contributed by atoms with Gasteiger partial charge < -0.3 is 0 Å². The molecule has 0 bridgehead atoms. The quantitative estimate of drug-likeness (QED) is 0.785. The van der Waals surface area contributed by atoms with Gasteiger partial charge in [-0.3, -0.25) is 9.69 Å². The summed E-state index contributed by atoms with van der Waals surface area (Å²) in [6.45, 7) is 1.88. The van der Waals surface area contributed by atoms with Crippen LogP contribution in [0, 0.1) is 6.92 Å². The van der Waals surface area contributed by atoms with Gasteiger partial charge in [-0.05, 0) is 36.2 Å². The highest BCUT2D eigenvalue weighted by Gasteiger charge is 2.40. The van der Waals surface area contributed by atoms with Crippen molar-refractivity contribution in [2.45, 2.75) is 18.5 Å².